The lowest BCUT2D eigenvalue weighted by Gasteiger charge is -2.09. The molecule has 0 unspecified atom stereocenters. The molecule has 8 nitrogen and oxygen atoms in total. The van der Waals surface area contributed by atoms with E-state index in [4.69, 9.17) is 19.4 Å². The quantitative estimate of drug-likeness (QED) is 0.0912. The van der Waals surface area contributed by atoms with Crippen LogP contribution in [0.15, 0.2) is 72.8 Å². The number of benzene rings is 2. The summed E-state index contributed by atoms with van der Waals surface area (Å²) in [5.41, 5.74) is 10.7. The standard InChI is InChI=1S/C48H42N4O4/c1-5-7-9-11-21-35-37-23-27-41(49-37)45(31-17-13-15-19-33(31)47(53)55-3)43-29-25-39(51-43)36(22-12-10-8-6-2)40-26-30-44(52-40)46(42-28-24-38(35)50-42)32-18-14-16-20-34(32)48(54)56-4/h13-20,23-30,49,52H,5-10H2,1-4H3. The molecule has 0 aliphatic carbocycles. The lowest BCUT2D eigenvalue weighted by atomic mass is 9.98. The number of hydrogen-bond acceptors (Lipinski definition) is 6. The van der Waals surface area contributed by atoms with Gasteiger partial charge in [0.15, 0.2) is 0 Å². The van der Waals surface area contributed by atoms with Crippen LogP contribution in [0.3, 0.4) is 0 Å². The predicted octanol–water partition coefficient (Wildman–Crippen LogP) is 10.6. The average Bonchev–Trinajstić information content (AvgIpc) is 4.08. The molecular formula is C48H42N4O4. The number of nitrogens with one attached hydrogen (secondary N) is 2. The van der Waals surface area contributed by atoms with E-state index in [9.17, 15) is 9.59 Å². The number of carbonyl (C=O) groups excluding carboxylic acids is 2. The summed E-state index contributed by atoms with van der Waals surface area (Å²) in [6, 6.07) is 22.7. The SMILES string of the molecule is CCCCC#Cc1c2nc(c(-c3ccccc3C(=O)OC)c3ccc([nH]3)c(C#CCCCC)c3nc(c(-c4ccccc4C(=O)OC)c4ccc1[nH]4)C=C3)C=C2. The maximum atomic E-state index is 13.2. The van der Waals surface area contributed by atoms with Crippen molar-refractivity contribution in [1.82, 2.24) is 19.9 Å². The number of carbonyl (C=O) groups is 2. The molecule has 2 aromatic carbocycles. The van der Waals surface area contributed by atoms with Gasteiger partial charge >= 0.3 is 11.9 Å². The van der Waals surface area contributed by atoms with Crippen molar-refractivity contribution in [2.45, 2.75) is 52.4 Å². The second kappa shape index (κ2) is 17.1. The molecule has 0 saturated heterocycles. The molecule has 0 spiro atoms. The topological polar surface area (TPSA) is 110 Å². The molecule has 56 heavy (non-hydrogen) atoms. The Labute approximate surface area is 326 Å². The summed E-state index contributed by atoms with van der Waals surface area (Å²) >= 11 is 0. The molecule has 7 rings (SSSR count). The van der Waals surface area contributed by atoms with E-state index >= 15 is 0 Å². The summed E-state index contributed by atoms with van der Waals surface area (Å²) in [5.74, 6) is 12.7. The molecule has 0 radical (unpaired) electrons. The third-order valence-corrected chi connectivity index (χ3v) is 9.69. The van der Waals surface area contributed by atoms with Gasteiger partial charge in [-0.2, -0.15) is 0 Å². The van der Waals surface area contributed by atoms with Crippen molar-refractivity contribution in [3.8, 4) is 45.9 Å². The van der Waals surface area contributed by atoms with Crippen LogP contribution >= 0.6 is 0 Å². The largest absolute Gasteiger partial charge is 0.465 e. The van der Waals surface area contributed by atoms with Gasteiger partial charge in [-0.15, -0.1) is 0 Å². The maximum Gasteiger partial charge on any atom is 0.338 e. The highest BCUT2D eigenvalue weighted by Crippen LogP contribution is 2.36. The molecule has 0 fully saturated rings. The number of methoxy groups -OCH3 is 2. The van der Waals surface area contributed by atoms with E-state index in [0.717, 1.165) is 71.7 Å². The second-order valence-corrected chi connectivity index (χ2v) is 13.4. The summed E-state index contributed by atoms with van der Waals surface area (Å²) < 4.78 is 10.5. The fraction of sp³-hybridized carbons (Fsp3) is 0.208. The van der Waals surface area contributed by atoms with Gasteiger partial charge in [0.2, 0.25) is 0 Å². The Morgan fingerprint density at radius 3 is 1.36 bits per heavy atom. The maximum absolute atomic E-state index is 13.2. The first-order valence-electron chi connectivity index (χ1n) is 18.9. The highest BCUT2D eigenvalue weighted by Gasteiger charge is 2.22. The summed E-state index contributed by atoms with van der Waals surface area (Å²) in [5, 5.41) is 0. The molecule has 8 bridgehead atoms. The van der Waals surface area contributed by atoms with Gasteiger partial charge in [-0.05, 0) is 73.5 Å². The minimum atomic E-state index is -0.449. The van der Waals surface area contributed by atoms with Crippen molar-refractivity contribution in [1.29, 1.82) is 0 Å². The normalized spacial score (nSPS) is 11.4. The van der Waals surface area contributed by atoms with Gasteiger partial charge in [0, 0.05) is 46.1 Å². The first-order chi connectivity index (χ1) is 27.4. The number of aromatic nitrogens is 4. The van der Waals surface area contributed by atoms with Gasteiger partial charge in [-0.3, -0.25) is 0 Å². The Kier molecular flexibility index (Phi) is 11.4. The van der Waals surface area contributed by atoms with Gasteiger partial charge in [-0.25, -0.2) is 19.6 Å². The monoisotopic (exact) mass is 738 g/mol. The number of H-pyrrole nitrogens is 2. The van der Waals surface area contributed by atoms with Crippen LogP contribution < -0.4 is 0 Å². The molecule has 0 saturated carbocycles. The fourth-order valence-corrected chi connectivity index (χ4v) is 6.85. The lowest BCUT2D eigenvalue weighted by Crippen LogP contribution is -2.04. The zero-order valence-electron chi connectivity index (χ0n) is 32.0. The number of esters is 2. The zero-order chi connectivity index (χ0) is 39.0. The van der Waals surface area contributed by atoms with Crippen LogP contribution in [-0.2, 0) is 9.47 Å². The van der Waals surface area contributed by atoms with Crippen molar-refractivity contribution in [2.75, 3.05) is 14.2 Å². The molecule has 2 N–H and O–H groups in total. The fourth-order valence-electron chi connectivity index (χ4n) is 6.85. The number of hydrogen-bond donors (Lipinski definition) is 2. The minimum Gasteiger partial charge on any atom is -0.465 e. The molecule has 5 aromatic rings. The van der Waals surface area contributed by atoms with Crippen LogP contribution in [0.4, 0.5) is 0 Å². The molecule has 0 amide bonds. The molecule has 3 aromatic heterocycles. The molecular weight excluding hydrogens is 697 g/mol. The van der Waals surface area contributed by atoms with E-state index in [1.807, 2.05) is 85.0 Å². The predicted molar refractivity (Wildman–Crippen MR) is 225 cm³/mol. The molecule has 2 aliphatic rings. The highest BCUT2D eigenvalue weighted by molar-refractivity contribution is 6.04. The minimum absolute atomic E-state index is 0.416. The van der Waals surface area contributed by atoms with E-state index in [2.05, 4.69) is 47.5 Å². The van der Waals surface area contributed by atoms with Crippen LogP contribution in [0.2, 0.25) is 0 Å². The Morgan fingerprint density at radius 2 is 0.946 bits per heavy atom. The molecule has 278 valence electrons. The summed E-state index contributed by atoms with van der Waals surface area (Å²) in [4.78, 5) is 44.0. The summed E-state index contributed by atoms with van der Waals surface area (Å²) in [7, 11) is 2.77. The third-order valence-electron chi connectivity index (χ3n) is 9.69. The number of ether oxygens (including phenoxy) is 2. The van der Waals surface area contributed by atoms with Crippen molar-refractivity contribution in [2.24, 2.45) is 0 Å². The smallest absolute Gasteiger partial charge is 0.338 e. The van der Waals surface area contributed by atoms with E-state index in [0.29, 0.717) is 56.2 Å². The number of fused-ring (bicyclic) bond motifs is 8. The molecule has 0 atom stereocenters. The van der Waals surface area contributed by atoms with Crippen molar-refractivity contribution in [3.63, 3.8) is 0 Å². The zero-order valence-corrected chi connectivity index (χ0v) is 32.0. The van der Waals surface area contributed by atoms with Crippen molar-refractivity contribution in [3.05, 3.63) is 118 Å². The first-order valence-corrected chi connectivity index (χ1v) is 18.9. The van der Waals surface area contributed by atoms with Crippen LogP contribution in [0.25, 0.3) is 68.6 Å². The van der Waals surface area contributed by atoms with Gasteiger partial charge in [0.25, 0.3) is 0 Å². The van der Waals surface area contributed by atoms with E-state index in [1.165, 1.54) is 14.2 Å². The van der Waals surface area contributed by atoms with Crippen molar-refractivity contribution < 1.29 is 19.1 Å². The Morgan fingerprint density at radius 1 is 0.554 bits per heavy atom. The van der Waals surface area contributed by atoms with Gasteiger partial charge < -0.3 is 19.4 Å². The van der Waals surface area contributed by atoms with Gasteiger partial charge in [0.05, 0.1) is 70.3 Å². The van der Waals surface area contributed by atoms with Crippen LogP contribution in [0.5, 0.6) is 0 Å². The number of aromatic amines is 2. The van der Waals surface area contributed by atoms with Crippen LogP contribution in [0.1, 0.15) is 107 Å². The Bertz CT molecular complexity index is 2520. The van der Waals surface area contributed by atoms with Crippen LogP contribution in [-0.4, -0.2) is 46.1 Å². The molecule has 5 heterocycles. The second-order valence-electron chi connectivity index (χ2n) is 13.4. The van der Waals surface area contributed by atoms with Gasteiger partial charge in [0.1, 0.15) is 0 Å². The summed E-state index contributed by atoms with van der Waals surface area (Å²) in [6.45, 7) is 4.29. The number of rotatable bonds is 8. The van der Waals surface area contributed by atoms with Crippen molar-refractivity contribution >= 4 is 58.3 Å². The highest BCUT2D eigenvalue weighted by atomic mass is 16.5. The first kappa shape index (κ1) is 37.4. The number of unbranched alkanes of at least 4 members (excludes halogenated alkanes) is 4. The van der Waals surface area contributed by atoms with E-state index in [1.54, 1.807) is 12.1 Å². The van der Waals surface area contributed by atoms with E-state index in [-0.39, 0.29) is 0 Å². The Hall–Kier alpha value is -6.90. The third kappa shape index (κ3) is 7.56. The summed E-state index contributed by atoms with van der Waals surface area (Å²) in [6.07, 6.45) is 13.3. The average molecular weight is 739 g/mol. The molecule has 2 aliphatic heterocycles. The van der Waals surface area contributed by atoms with Crippen LogP contribution in [0, 0.1) is 23.7 Å². The van der Waals surface area contributed by atoms with Gasteiger partial charge in [-0.1, -0.05) is 86.8 Å². The van der Waals surface area contributed by atoms with E-state index < -0.39 is 11.9 Å². The molecule has 8 heteroatoms. The lowest BCUT2D eigenvalue weighted by molar-refractivity contribution is 0.0592. The Balaban J connectivity index is 1.66. The number of nitrogens with zero attached hydrogens (tertiary/aromatic N) is 2.